The number of rotatable bonds is 7. The number of fused-ring (bicyclic) bond motifs is 1. The lowest BCUT2D eigenvalue weighted by Crippen LogP contribution is -2.33. The average Bonchev–Trinajstić information content (AvgIpc) is 2.99. The molecule has 0 N–H and O–H groups in total. The van der Waals surface area contributed by atoms with Crippen molar-refractivity contribution in [1.29, 1.82) is 0 Å². The molecule has 0 aliphatic carbocycles. The molecular formula is C22H24F3N3O2. The molecule has 1 heterocycles. The van der Waals surface area contributed by atoms with E-state index >= 15 is 0 Å². The summed E-state index contributed by atoms with van der Waals surface area (Å²) in [5.41, 5.74) is 2.12. The summed E-state index contributed by atoms with van der Waals surface area (Å²) in [6.45, 7) is 4.96. The molecule has 0 saturated carbocycles. The number of hydrogen-bond donors (Lipinski definition) is 0. The maximum atomic E-state index is 13.1. The first-order valence-corrected chi connectivity index (χ1v) is 9.69. The zero-order chi connectivity index (χ0) is 21.9. The maximum absolute atomic E-state index is 13.1. The molecule has 30 heavy (non-hydrogen) atoms. The quantitative estimate of drug-likeness (QED) is 0.531. The molecule has 0 aliphatic heterocycles. The van der Waals surface area contributed by atoms with E-state index in [0.29, 0.717) is 24.6 Å². The maximum Gasteiger partial charge on any atom is 0.573 e. The summed E-state index contributed by atoms with van der Waals surface area (Å²) in [6.07, 6.45) is -3.97. The number of ether oxygens (including phenoxy) is 1. The number of benzene rings is 2. The number of alkyl halides is 3. The molecule has 160 valence electrons. The van der Waals surface area contributed by atoms with Crippen LogP contribution >= 0.6 is 0 Å². The highest BCUT2D eigenvalue weighted by Crippen LogP contribution is 2.24. The van der Waals surface area contributed by atoms with Gasteiger partial charge in [0, 0.05) is 19.2 Å². The Labute approximate surface area is 173 Å². The van der Waals surface area contributed by atoms with E-state index in [1.165, 1.54) is 12.1 Å². The number of halogens is 3. The number of imidazole rings is 1. The van der Waals surface area contributed by atoms with Gasteiger partial charge in [-0.05, 0) is 48.7 Å². The summed E-state index contributed by atoms with van der Waals surface area (Å²) < 4.78 is 42.9. The van der Waals surface area contributed by atoms with Gasteiger partial charge in [-0.1, -0.05) is 26.0 Å². The SMILES string of the molecule is CC(C)CCN(Cc1nc2ccccc2n1C)C(=O)c1ccc(OC(F)(F)F)cc1. The monoisotopic (exact) mass is 419 g/mol. The molecule has 0 bridgehead atoms. The minimum Gasteiger partial charge on any atom is -0.406 e. The predicted octanol–water partition coefficient (Wildman–Crippen LogP) is 5.16. The van der Waals surface area contributed by atoms with Crippen molar-refractivity contribution in [1.82, 2.24) is 14.5 Å². The topological polar surface area (TPSA) is 47.4 Å². The van der Waals surface area contributed by atoms with Crippen molar-refractivity contribution >= 4 is 16.9 Å². The van der Waals surface area contributed by atoms with Gasteiger partial charge in [0.15, 0.2) is 0 Å². The third kappa shape index (κ3) is 5.31. The van der Waals surface area contributed by atoms with E-state index in [1.807, 2.05) is 35.9 Å². The molecule has 0 unspecified atom stereocenters. The summed E-state index contributed by atoms with van der Waals surface area (Å²) >= 11 is 0. The van der Waals surface area contributed by atoms with E-state index in [9.17, 15) is 18.0 Å². The first-order chi connectivity index (χ1) is 14.1. The Morgan fingerprint density at radius 1 is 1.13 bits per heavy atom. The molecule has 0 fully saturated rings. The highest BCUT2D eigenvalue weighted by atomic mass is 19.4. The number of carbonyl (C=O) groups excluding carboxylic acids is 1. The van der Waals surface area contributed by atoms with Crippen LogP contribution in [0.25, 0.3) is 11.0 Å². The van der Waals surface area contributed by atoms with Crippen LogP contribution < -0.4 is 4.74 Å². The van der Waals surface area contributed by atoms with Crippen molar-refractivity contribution in [2.45, 2.75) is 33.2 Å². The Hall–Kier alpha value is -3.03. The van der Waals surface area contributed by atoms with Crippen molar-refractivity contribution in [3.63, 3.8) is 0 Å². The molecule has 1 aromatic heterocycles. The second-order valence-electron chi connectivity index (χ2n) is 7.56. The zero-order valence-electron chi connectivity index (χ0n) is 17.1. The van der Waals surface area contributed by atoms with E-state index in [0.717, 1.165) is 35.4 Å². The summed E-state index contributed by atoms with van der Waals surface area (Å²) in [6, 6.07) is 12.7. The minimum atomic E-state index is -4.77. The first-order valence-electron chi connectivity index (χ1n) is 9.69. The normalized spacial score (nSPS) is 11.8. The average molecular weight is 419 g/mol. The molecular weight excluding hydrogens is 395 g/mol. The largest absolute Gasteiger partial charge is 0.573 e. The minimum absolute atomic E-state index is 0.263. The summed E-state index contributed by atoms with van der Waals surface area (Å²) in [4.78, 5) is 19.4. The summed E-state index contributed by atoms with van der Waals surface area (Å²) in [5.74, 6) is 0.512. The number of para-hydroxylation sites is 2. The third-order valence-electron chi connectivity index (χ3n) is 4.81. The van der Waals surface area contributed by atoms with Crippen LogP contribution in [-0.2, 0) is 13.6 Å². The first kappa shape index (κ1) is 21.7. The van der Waals surface area contributed by atoms with Crippen molar-refractivity contribution in [2.24, 2.45) is 13.0 Å². The van der Waals surface area contributed by atoms with Crippen molar-refractivity contribution < 1.29 is 22.7 Å². The van der Waals surface area contributed by atoms with Gasteiger partial charge in [0.05, 0.1) is 17.6 Å². The van der Waals surface area contributed by atoms with Crippen LogP contribution in [0.4, 0.5) is 13.2 Å². The fourth-order valence-corrected chi connectivity index (χ4v) is 3.16. The van der Waals surface area contributed by atoms with Crippen LogP contribution in [0.2, 0.25) is 0 Å². The lowest BCUT2D eigenvalue weighted by atomic mass is 10.1. The van der Waals surface area contributed by atoms with Crippen LogP contribution in [0.1, 0.15) is 36.5 Å². The van der Waals surface area contributed by atoms with E-state index in [4.69, 9.17) is 0 Å². The number of hydrogen-bond acceptors (Lipinski definition) is 3. The zero-order valence-corrected chi connectivity index (χ0v) is 17.1. The highest BCUT2D eigenvalue weighted by molar-refractivity contribution is 5.94. The highest BCUT2D eigenvalue weighted by Gasteiger charge is 2.31. The van der Waals surface area contributed by atoms with Gasteiger partial charge >= 0.3 is 6.36 Å². The van der Waals surface area contributed by atoms with Crippen LogP contribution in [0.3, 0.4) is 0 Å². The smallest absolute Gasteiger partial charge is 0.406 e. The van der Waals surface area contributed by atoms with Gasteiger partial charge in [0.2, 0.25) is 0 Å². The fraction of sp³-hybridized carbons (Fsp3) is 0.364. The van der Waals surface area contributed by atoms with Gasteiger partial charge < -0.3 is 14.2 Å². The third-order valence-corrected chi connectivity index (χ3v) is 4.81. The molecule has 1 amide bonds. The lowest BCUT2D eigenvalue weighted by Gasteiger charge is -2.23. The van der Waals surface area contributed by atoms with E-state index in [1.54, 1.807) is 4.90 Å². The number of carbonyl (C=O) groups is 1. The van der Waals surface area contributed by atoms with Crippen LogP contribution in [-0.4, -0.2) is 33.3 Å². The van der Waals surface area contributed by atoms with E-state index in [-0.39, 0.29) is 11.7 Å². The van der Waals surface area contributed by atoms with Crippen molar-refractivity contribution in [3.05, 3.63) is 59.9 Å². The van der Waals surface area contributed by atoms with Gasteiger partial charge in [-0.2, -0.15) is 0 Å². The van der Waals surface area contributed by atoms with Gasteiger partial charge in [0.1, 0.15) is 11.6 Å². The predicted molar refractivity (Wildman–Crippen MR) is 108 cm³/mol. The molecule has 0 saturated heterocycles. The van der Waals surface area contributed by atoms with E-state index < -0.39 is 6.36 Å². The summed E-state index contributed by atoms with van der Waals surface area (Å²) in [7, 11) is 1.90. The molecule has 5 nitrogen and oxygen atoms in total. The molecule has 2 aromatic carbocycles. The van der Waals surface area contributed by atoms with Gasteiger partial charge in [-0.15, -0.1) is 13.2 Å². The summed E-state index contributed by atoms with van der Waals surface area (Å²) in [5, 5.41) is 0. The fourth-order valence-electron chi connectivity index (χ4n) is 3.16. The Morgan fingerprint density at radius 2 is 1.80 bits per heavy atom. The second kappa shape index (κ2) is 8.77. The lowest BCUT2D eigenvalue weighted by molar-refractivity contribution is -0.274. The molecule has 0 radical (unpaired) electrons. The number of amides is 1. The Balaban J connectivity index is 1.83. The number of aryl methyl sites for hydroxylation is 1. The van der Waals surface area contributed by atoms with Crippen molar-refractivity contribution in [2.75, 3.05) is 6.54 Å². The molecule has 0 aliphatic rings. The molecule has 3 aromatic rings. The molecule has 0 spiro atoms. The van der Waals surface area contributed by atoms with Crippen LogP contribution in [0, 0.1) is 5.92 Å². The van der Waals surface area contributed by atoms with Crippen LogP contribution in [0.5, 0.6) is 5.75 Å². The van der Waals surface area contributed by atoms with Gasteiger partial charge in [-0.25, -0.2) is 4.98 Å². The number of aromatic nitrogens is 2. The Morgan fingerprint density at radius 3 is 2.40 bits per heavy atom. The molecule has 0 atom stereocenters. The molecule has 8 heteroatoms. The van der Waals surface area contributed by atoms with Crippen LogP contribution in [0.15, 0.2) is 48.5 Å². The number of nitrogens with zero attached hydrogens (tertiary/aromatic N) is 3. The van der Waals surface area contributed by atoms with Gasteiger partial charge in [-0.3, -0.25) is 4.79 Å². The van der Waals surface area contributed by atoms with Crippen molar-refractivity contribution in [3.8, 4) is 5.75 Å². The second-order valence-corrected chi connectivity index (χ2v) is 7.56. The van der Waals surface area contributed by atoms with E-state index in [2.05, 4.69) is 23.6 Å². The molecule has 3 rings (SSSR count). The Kier molecular flexibility index (Phi) is 6.34. The Bertz CT molecular complexity index is 1010. The standard InChI is InChI=1S/C22H24F3N3O2/c1-15(2)12-13-28(14-20-26-18-6-4-5-7-19(18)27(20)3)21(29)16-8-10-17(11-9-16)30-22(23,24)25/h4-11,15H,12-14H2,1-3H3. The van der Waals surface area contributed by atoms with Gasteiger partial charge in [0.25, 0.3) is 5.91 Å².